The van der Waals surface area contributed by atoms with Crippen molar-refractivity contribution >= 4 is 30.8 Å². The van der Waals surface area contributed by atoms with E-state index in [2.05, 4.69) is 46.3 Å². The third-order valence-corrected chi connectivity index (χ3v) is 8.27. The van der Waals surface area contributed by atoms with E-state index in [1.807, 2.05) is 0 Å². The smallest absolute Gasteiger partial charge is 0.361 e. The van der Waals surface area contributed by atoms with Crippen molar-refractivity contribution in [2.75, 3.05) is 11.9 Å². The number of halogens is 3. The summed E-state index contributed by atoms with van der Waals surface area (Å²) in [4.78, 5) is 19.7. The largest absolute Gasteiger partial charge is 0.419 e. The van der Waals surface area contributed by atoms with Crippen molar-refractivity contribution in [3.8, 4) is 17.3 Å². The number of fused-ring (bicyclic) bond motifs is 1. The minimum absolute atomic E-state index is 0.0500. The second-order valence-corrected chi connectivity index (χ2v) is 16.4. The first kappa shape index (κ1) is 27.6. The van der Waals surface area contributed by atoms with E-state index in [-0.39, 0.29) is 41.9 Å². The zero-order chi connectivity index (χ0) is 27.7. The van der Waals surface area contributed by atoms with Crippen molar-refractivity contribution in [1.29, 1.82) is 5.26 Å². The first-order valence-electron chi connectivity index (χ1n) is 12.4. The molecule has 4 rings (SSSR count). The van der Waals surface area contributed by atoms with Gasteiger partial charge in [-0.05, 0) is 31.0 Å². The summed E-state index contributed by atoms with van der Waals surface area (Å²) in [5.41, 5.74) is 0.0146. The van der Waals surface area contributed by atoms with Crippen LogP contribution in [-0.2, 0) is 22.4 Å². The van der Waals surface area contributed by atoms with E-state index >= 15 is 0 Å². The van der Waals surface area contributed by atoms with Gasteiger partial charge in [0.2, 0.25) is 11.9 Å². The summed E-state index contributed by atoms with van der Waals surface area (Å²) in [6, 6.07) is 7.56. The molecule has 0 unspecified atom stereocenters. The fourth-order valence-electron chi connectivity index (χ4n) is 4.33. The summed E-state index contributed by atoms with van der Waals surface area (Å²) >= 11 is 0. The van der Waals surface area contributed by atoms with Crippen LogP contribution in [-0.4, -0.2) is 47.2 Å². The van der Waals surface area contributed by atoms with Crippen molar-refractivity contribution in [3.05, 3.63) is 41.7 Å². The third-order valence-electron chi connectivity index (χ3n) is 6.56. The van der Waals surface area contributed by atoms with Gasteiger partial charge in [-0.3, -0.25) is 4.79 Å². The lowest BCUT2D eigenvalue weighted by molar-refractivity contribution is -0.137. The highest BCUT2D eigenvalue weighted by molar-refractivity contribution is 6.76. The molecule has 1 fully saturated rings. The Kier molecular flexibility index (Phi) is 7.80. The van der Waals surface area contributed by atoms with Crippen LogP contribution in [0.2, 0.25) is 25.7 Å². The maximum atomic E-state index is 14.1. The Morgan fingerprint density at radius 1 is 1.26 bits per heavy atom. The summed E-state index contributed by atoms with van der Waals surface area (Å²) in [5, 5.41) is 15.8. The van der Waals surface area contributed by atoms with E-state index in [0.29, 0.717) is 23.1 Å². The standard InChI is InChI=1S/C26H31F3N6O2Si/c1-16(36)32-21-7-8-22(21)33-25-31-13-20(26(27,28)29)24(34-25)19-14-35(15-37-9-10-38(2,3)4)23-11-17(12-30)5-6-18(19)23/h5-6,11,13-14,21-22H,7-10,15H2,1-4H3,(H,32,36)(H,31,33,34)/t21-,22-/m0/s1. The third kappa shape index (κ3) is 6.34. The molecular formula is C26H31F3N6O2Si. The highest BCUT2D eigenvalue weighted by Crippen LogP contribution is 2.40. The molecule has 8 nitrogen and oxygen atoms in total. The molecule has 1 saturated carbocycles. The van der Waals surface area contributed by atoms with Crippen LogP contribution in [0.1, 0.15) is 30.9 Å². The van der Waals surface area contributed by atoms with E-state index in [1.165, 1.54) is 6.92 Å². The molecule has 38 heavy (non-hydrogen) atoms. The highest BCUT2D eigenvalue weighted by atomic mass is 28.3. The summed E-state index contributed by atoms with van der Waals surface area (Å²) in [6.07, 6.45) is -0.816. The lowest BCUT2D eigenvalue weighted by Crippen LogP contribution is -2.53. The van der Waals surface area contributed by atoms with Crippen molar-refractivity contribution in [2.45, 2.75) is 70.4 Å². The highest BCUT2D eigenvalue weighted by Gasteiger charge is 2.37. The van der Waals surface area contributed by atoms with Gasteiger partial charge in [0, 0.05) is 57.0 Å². The van der Waals surface area contributed by atoms with Crippen LogP contribution < -0.4 is 10.6 Å². The number of benzene rings is 1. The molecular weight excluding hydrogens is 513 g/mol. The van der Waals surface area contributed by atoms with Gasteiger partial charge in [0.05, 0.1) is 22.8 Å². The number of carbonyl (C=O) groups excluding carboxylic acids is 1. The monoisotopic (exact) mass is 544 g/mol. The zero-order valence-electron chi connectivity index (χ0n) is 21.8. The quantitative estimate of drug-likeness (QED) is 0.277. The van der Waals surface area contributed by atoms with Crippen LogP contribution in [0.4, 0.5) is 19.1 Å². The fraction of sp³-hybridized carbons (Fsp3) is 0.462. The van der Waals surface area contributed by atoms with Gasteiger partial charge in [-0.15, -0.1) is 0 Å². The van der Waals surface area contributed by atoms with Crippen molar-refractivity contribution < 1.29 is 22.7 Å². The van der Waals surface area contributed by atoms with Crippen LogP contribution in [0.15, 0.2) is 30.6 Å². The Morgan fingerprint density at radius 2 is 2.00 bits per heavy atom. The molecule has 2 heterocycles. The molecule has 1 amide bonds. The van der Waals surface area contributed by atoms with Crippen LogP contribution >= 0.6 is 0 Å². The van der Waals surface area contributed by atoms with Gasteiger partial charge in [0.1, 0.15) is 12.3 Å². The number of nitriles is 1. The summed E-state index contributed by atoms with van der Waals surface area (Å²) in [7, 11) is -1.32. The Labute approximate surface area is 220 Å². The van der Waals surface area contributed by atoms with E-state index in [0.717, 1.165) is 25.1 Å². The molecule has 202 valence electrons. The first-order chi connectivity index (χ1) is 17.9. The second-order valence-electron chi connectivity index (χ2n) is 10.8. The number of hydrogen-bond acceptors (Lipinski definition) is 6. The van der Waals surface area contributed by atoms with E-state index in [4.69, 9.17) is 4.74 Å². The van der Waals surface area contributed by atoms with Crippen molar-refractivity contribution in [2.24, 2.45) is 0 Å². The molecule has 12 heteroatoms. The van der Waals surface area contributed by atoms with Gasteiger partial charge < -0.3 is 19.9 Å². The van der Waals surface area contributed by atoms with E-state index in [9.17, 15) is 23.2 Å². The Morgan fingerprint density at radius 3 is 2.61 bits per heavy atom. The number of anilines is 1. The number of ether oxygens (including phenoxy) is 1. The molecule has 1 aliphatic rings. The number of nitrogens with one attached hydrogen (secondary N) is 2. The minimum atomic E-state index is -4.68. The van der Waals surface area contributed by atoms with Gasteiger partial charge in [-0.1, -0.05) is 25.7 Å². The van der Waals surface area contributed by atoms with Gasteiger partial charge in [-0.25, -0.2) is 9.97 Å². The predicted octanol–water partition coefficient (Wildman–Crippen LogP) is 5.38. The molecule has 3 aromatic rings. The van der Waals surface area contributed by atoms with Crippen LogP contribution in [0.25, 0.3) is 22.2 Å². The number of alkyl halides is 3. The first-order valence-corrected chi connectivity index (χ1v) is 16.2. The molecule has 0 radical (unpaired) electrons. The van der Waals surface area contributed by atoms with Crippen LogP contribution in [0.3, 0.4) is 0 Å². The molecule has 2 atom stereocenters. The molecule has 0 bridgehead atoms. The van der Waals surface area contributed by atoms with E-state index in [1.54, 1.807) is 29.0 Å². The second kappa shape index (κ2) is 10.7. The van der Waals surface area contributed by atoms with Crippen molar-refractivity contribution in [3.63, 3.8) is 0 Å². The molecule has 0 saturated heterocycles. The number of aromatic nitrogens is 3. The van der Waals surface area contributed by atoms with E-state index < -0.39 is 19.8 Å². The molecule has 2 aromatic heterocycles. The average Bonchev–Trinajstić information content (AvgIpc) is 3.19. The molecule has 2 N–H and O–H groups in total. The normalized spacial score (nSPS) is 17.6. The number of nitrogens with zero attached hydrogens (tertiary/aromatic N) is 4. The Bertz CT molecular complexity index is 1380. The average molecular weight is 545 g/mol. The topological polar surface area (TPSA) is 105 Å². The molecule has 0 aliphatic heterocycles. The summed E-state index contributed by atoms with van der Waals surface area (Å²) in [6.45, 7) is 8.80. The van der Waals surface area contributed by atoms with Crippen molar-refractivity contribution in [1.82, 2.24) is 19.9 Å². The molecule has 1 aromatic carbocycles. The number of carbonyl (C=O) groups is 1. The fourth-order valence-corrected chi connectivity index (χ4v) is 5.09. The molecule has 0 spiro atoms. The number of rotatable bonds is 9. The number of hydrogen-bond donors (Lipinski definition) is 2. The minimum Gasteiger partial charge on any atom is -0.361 e. The van der Waals surface area contributed by atoms with Crippen LogP contribution in [0, 0.1) is 11.3 Å². The summed E-state index contributed by atoms with van der Waals surface area (Å²) < 4.78 is 49.8. The van der Waals surface area contributed by atoms with Crippen LogP contribution in [0.5, 0.6) is 0 Å². The van der Waals surface area contributed by atoms with Gasteiger partial charge in [-0.2, -0.15) is 18.4 Å². The summed E-state index contributed by atoms with van der Waals surface area (Å²) in [5.74, 6) is -0.124. The lowest BCUT2D eigenvalue weighted by atomic mass is 9.86. The van der Waals surface area contributed by atoms with Gasteiger partial charge >= 0.3 is 6.18 Å². The van der Waals surface area contributed by atoms with Gasteiger partial charge in [0.25, 0.3) is 0 Å². The maximum absolute atomic E-state index is 14.1. The number of amides is 1. The van der Waals surface area contributed by atoms with Gasteiger partial charge in [0.15, 0.2) is 0 Å². The maximum Gasteiger partial charge on any atom is 0.419 e. The Hall–Kier alpha value is -3.43. The zero-order valence-corrected chi connectivity index (χ0v) is 22.8. The molecule has 1 aliphatic carbocycles. The Balaban J connectivity index is 1.73. The predicted molar refractivity (Wildman–Crippen MR) is 141 cm³/mol. The lowest BCUT2D eigenvalue weighted by Gasteiger charge is -2.37. The SMILES string of the molecule is CC(=O)N[C@H]1CC[C@@H]1Nc1ncc(C(F)(F)F)c(-c2cn(COCC[Si](C)(C)C)c3cc(C#N)ccc23)n1.